The molecule has 0 spiro atoms. The van der Waals surface area contributed by atoms with Gasteiger partial charge in [-0.2, -0.15) is 4.98 Å². The van der Waals surface area contributed by atoms with E-state index in [0.29, 0.717) is 41.3 Å². The SMILES string of the molecule is COc1ccc(CNC(=O)C(C)N2CCCC(c3nc(-c4ccc(Cl)cc4)no3)C2)cc1OC. The van der Waals surface area contributed by atoms with Crippen LogP contribution in [0.5, 0.6) is 11.5 Å². The monoisotopic (exact) mass is 484 g/mol. The first kappa shape index (κ1) is 24.0. The first-order valence-corrected chi connectivity index (χ1v) is 11.7. The number of nitrogens with zero attached hydrogens (tertiary/aromatic N) is 3. The van der Waals surface area contributed by atoms with E-state index in [1.807, 2.05) is 37.3 Å². The minimum Gasteiger partial charge on any atom is -0.493 e. The van der Waals surface area contributed by atoms with Gasteiger partial charge in [0.1, 0.15) is 0 Å². The molecule has 1 aliphatic heterocycles. The Bertz CT molecular complexity index is 1120. The molecule has 1 aliphatic rings. The zero-order chi connectivity index (χ0) is 24.1. The highest BCUT2D eigenvalue weighted by molar-refractivity contribution is 6.30. The number of ether oxygens (including phenoxy) is 2. The fraction of sp³-hybridized carbons (Fsp3) is 0.400. The van der Waals surface area contributed by atoms with Gasteiger partial charge in [-0.05, 0) is 68.3 Å². The van der Waals surface area contributed by atoms with Crippen molar-refractivity contribution in [2.45, 2.75) is 38.3 Å². The highest BCUT2D eigenvalue weighted by Gasteiger charge is 2.31. The standard InChI is InChI=1S/C25H29ClN4O4/c1-16(24(31)27-14-17-6-11-21(32-2)22(13-17)33-3)30-12-4-5-19(15-30)25-28-23(29-34-25)18-7-9-20(26)10-8-18/h6-11,13,16,19H,4-5,12,14-15H2,1-3H3,(H,27,31). The van der Waals surface area contributed by atoms with Gasteiger partial charge in [0.15, 0.2) is 11.5 Å². The van der Waals surface area contributed by atoms with Crippen molar-refractivity contribution in [2.24, 2.45) is 0 Å². The van der Waals surface area contributed by atoms with Gasteiger partial charge in [-0.25, -0.2) is 0 Å². The summed E-state index contributed by atoms with van der Waals surface area (Å²) in [6.07, 6.45) is 1.90. The summed E-state index contributed by atoms with van der Waals surface area (Å²) < 4.78 is 16.2. The van der Waals surface area contributed by atoms with Gasteiger partial charge in [-0.3, -0.25) is 9.69 Å². The van der Waals surface area contributed by atoms with Crippen LogP contribution in [0.15, 0.2) is 47.0 Å². The summed E-state index contributed by atoms with van der Waals surface area (Å²) in [6, 6.07) is 12.7. The van der Waals surface area contributed by atoms with Crippen molar-refractivity contribution in [1.29, 1.82) is 0 Å². The summed E-state index contributed by atoms with van der Waals surface area (Å²) in [4.78, 5) is 19.7. The van der Waals surface area contributed by atoms with Crippen LogP contribution < -0.4 is 14.8 Å². The average molecular weight is 485 g/mol. The zero-order valence-electron chi connectivity index (χ0n) is 19.6. The quantitative estimate of drug-likeness (QED) is 0.510. The lowest BCUT2D eigenvalue weighted by molar-refractivity contribution is -0.126. The second-order valence-corrected chi connectivity index (χ2v) is 8.82. The Kier molecular flexibility index (Phi) is 7.70. The smallest absolute Gasteiger partial charge is 0.237 e. The van der Waals surface area contributed by atoms with Crippen molar-refractivity contribution in [3.63, 3.8) is 0 Å². The third-order valence-corrected chi connectivity index (χ3v) is 6.44. The largest absolute Gasteiger partial charge is 0.493 e. The van der Waals surface area contributed by atoms with Crippen LogP contribution in [0.25, 0.3) is 11.4 Å². The lowest BCUT2D eigenvalue weighted by Crippen LogP contribution is -2.48. The van der Waals surface area contributed by atoms with Crippen molar-refractivity contribution in [3.8, 4) is 22.9 Å². The molecule has 3 aromatic rings. The highest BCUT2D eigenvalue weighted by Crippen LogP contribution is 2.29. The summed E-state index contributed by atoms with van der Waals surface area (Å²) in [5, 5.41) is 7.83. The molecule has 8 nitrogen and oxygen atoms in total. The van der Waals surface area contributed by atoms with Crippen molar-refractivity contribution < 1.29 is 18.8 Å². The number of benzene rings is 2. The van der Waals surface area contributed by atoms with Crippen LogP contribution in [-0.4, -0.2) is 54.3 Å². The maximum atomic E-state index is 12.9. The van der Waals surface area contributed by atoms with Crippen molar-refractivity contribution in [1.82, 2.24) is 20.4 Å². The lowest BCUT2D eigenvalue weighted by Gasteiger charge is -2.34. The Hall–Kier alpha value is -3.10. The van der Waals surface area contributed by atoms with Crippen LogP contribution >= 0.6 is 11.6 Å². The molecule has 0 radical (unpaired) electrons. The van der Waals surface area contributed by atoms with Crippen molar-refractivity contribution >= 4 is 17.5 Å². The summed E-state index contributed by atoms with van der Waals surface area (Å²) in [6.45, 7) is 3.88. The number of methoxy groups -OCH3 is 2. The van der Waals surface area contributed by atoms with Crippen LogP contribution in [0.2, 0.25) is 5.02 Å². The molecule has 2 unspecified atom stereocenters. The molecule has 0 aliphatic carbocycles. The highest BCUT2D eigenvalue weighted by atomic mass is 35.5. The molecule has 1 N–H and O–H groups in total. The van der Waals surface area contributed by atoms with Gasteiger partial charge in [0.2, 0.25) is 17.6 Å². The summed E-state index contributed by atoms with van der Waals surface area (Å²) in [5.41, 5.74) is 1.80. The number of likely N-dealkylation sites (tertiary alicyclic amines) is 1. The molecular formula is C25H29ClN4O4. The third kappa shape index (κ3) is 5.51. The number of halogens is 1. The van der Waals surface area contributed by atoms with Gasteiger partial charge >= 0.3 is 0 Å². The molecule has 180 valence electrons. The number of piperidine rings is 1. The van der Waals surface area contributed by atoms with E-state index in [0.717, 1.165) is 30.5 Å². The summed E-state index contributed by atoms with van der Waals surface area (Å²) in [5.74, 6) is 2.51. The molecule has 0 saturated carbocycles. The molecule has 4 rings (SSSR count). The van der Waals surface area contributed by atoms with Crippen LogP contribution in [0.1, 0.15) is 37.1 Å². The molecule has 2 heterocycles. The third-order valence-electron chi connectivity index (χ3n) is 6.19. The number of nitrogens with one attached hydrogen (secondary N) is 1. The van der Waals surface area contributed by atoms with E-state index in [-0.39, 0.29) is 17.9 Å². The molecule has 1 amide bonds. The van der Waals surface area contributed by atoms with E-state index in [2.05, 4.69) is 20.4 Å². The summed E-state index contributed by atoms with van der Waals surface area (Å²) >= 11 is 5.97. The number of hydrogen-bond acceptors (Lipinski definition) is 7. The number of carbonyl (C=O) groups is 1. The topological polar surface area (TPSA) is 89.7 Å². The molecule has 2 atom stereocenters. The van der Waals surface area contributed by atoms with E-state index >= 15 is 0 Å². The lowest BCUT2D eigenvalue weighted by atomic mass is 9.96. The van der Waals surface area contributed by atoms with Crippen LogP contribution in [0, 0.1) is 0 Å². The molecule has 0 bridgehead atoms. The zero-order valence-corrected chi connectivity index (χ0v) is 20.3. The van der Waals surface area contributed by atoms with Gasteiger partial charge < -0.3 is 19.3 Å². The van der Waals surface area contributed by atoms with Gasteiger partial charge in [0, 0.05) is 23.7 Å². The Morgan fingerprint density at radius 2 is 1.97 bits per heavy atom. The second-order valence-electron chi connectivity index (χ2n) is 8.38. The van der Waals surface area contributed by atoms with Crippen LogP contribution in [0.3, 0.4) is 0 Å². The number of rotatable bonds is 8. The molecular weight excluding hydrogens is 456 g/mol. The Morgan fingerprint density at radius 1 is 1.21 bits per heavy atom. The Morgan fingerprint density at radius 3 is 2.71 bits per heavy atom. The predicted molar refractivity (Wildman–Crippen MR) is 129 cm³/mol. The summed E-state index contributed by atoms with van der Waals surface area (Å²) in [7, 11) is 3.19. The van der Waals surface area contributed by atoms with E-state index in [1.165, 1.54) is 0 Å². The van der Waals surface area contributed by atoms with E-state index < -0.39 is 0 Å². The number of carbonyl (C=O) groups excluding carboxylic acids is 1. The molecule has 1 fully saturated rings. The van der Waals surface area contributed by atoms with Crippen LogP contribution in [-0.2, 0) is 11.3 Å². The first-order chi connectivity index (χ1) is 16.5. The van der Waals surface area contributed by atoms with Gasteiger partial charge in [-0.1, -0.05) is 22.8 Å². The number of hydrogen-bond donors (Lipinski definition) is 1. The molecule has 34 heavy (non-hydrogen) atoms. The second kappa shape index (κ2) is 10.9. The van der Waals surface area contributed by atoms with Crippen LogP contribution in [0.4, 0.5) is 0 Å². The Balaban J connectivity index is 1.35. The number of aromatic nitrogens is 2. The minimum atomic E-state index is -0.276. The minimum absolute atomic E-state index is 0.0252. The predicted octanol–water partition coefficient (Wildman–Crippen LogP) is 4.29. The van der Waals surface area contributed by atoms with Gasteiger partial charge in [0.05, 0.1) is 26.2 Å². The molecule has 2 aromatic carbocycles. The normalized spacial score (nSPS) is 17.2. The first-order valence-electron chi connectivity index (χ1n) is 11.3. The van der Waals surface area contributed by atoms with E-state index in [4.69, 9.17) is 25.6 Å². The fourth-order valence-corrected chi connectivity index (χ4v) is 4.30. The molecule has 1 aromatic heterocycles. The molecule has 9 heteroatoms. The van der Waals surface area contributed by atoms with E-state index in [9.17, 15) is 4.79 Å². The van der Waals surface area contributed by atoms with Crippen molar-refractivity contribution in [2.75, 3.05) is 27.3 Å². The van der Waals surface area contributed by atoms with Gasteiger partial charge in [-0.15, -0.1) is 0 Å². The maximum absolute atomic E-state index is 12.9. The van der Waals surface area contributed by atoms with Gasteiger partial charge in [0.25, 0.3) is 0 Å². The maximum Gasteiger partial charge on any atom is 0.237 e. The Labute approximate surface area is 204 Å². The van der Waals surface area contributed by atoms with E-state index in [1.54, 1.807) is 26.4 Å². The average Bonchev–Trinajstić information content (AvgIpc) is 3.37. The number of amides is 1. The van der Waals surface area contributed by atoms with Crippen molar-refractivity contribution in [3.05, 3.63) is 58.9 Å². The molecule has 1 saturated heterocycles. The fourth-order valence-electron chi connectivity index (χ4n) is 4.17.